The molecule has 2 aromatic rings. The molecule has 1 heterocycles. The number of carboxylic acids is 1. The van der Waals surface area contributed by atoms with Crippen LogP contribution >= 0.6 is 0 Å². The minimum absolute atomic E-state index is 0.484. The number of carbonyl (C=O) groups is 2. The summed E-state index contributed by atoms with van der Waals surface area (Å²) in [7, 11) is 1.53. The Bertz CT molecular complexity index is 618. The van der Waals surface area contributed by atoms with Crippen molar-refractivity contribution in [3.8, 4) is 0 Å². The number of aryl methyl sites for hydroxylation is 1. The van der Waals surface area contributed by atoms with E-state index in [1.165, 1.54) is 11.9 Å². The highest BCUT2D eigenvalue weighted by Crippen LogP contribution is 2.22. The van der Waals surface area contributed by atoms with Crippen molar-refractivity contribution in [2.45, 2.75) is 13.3 Å². The lowest BCUT2D eigenvalue weighted by Gasteiger charge is -2.15. The van der Waals surface area contributed by atoms with E-state index in [1.807, 2.05) is 0 Å². The second-order valence-electron chi connectivity index (χ2n) is 3.91. The van der Waals surface area contributed by atoms with Crippen molar-refractivity contribution in [3.05, 3.63) is 24.1 Å². The summed E-state index contributed by atoms with van der Waals surface area (Å²) in [5.74, 6) is -1.09. The molecule has 0 spiro atoms. The van der Waals surface area contributed by atoms with Crippen LogP contribution in [0.2, 0.25) is 0 Å². The Morgan fingerprint density at radius 2 is 2.17 bits per heavy atom. The van der Waals surface area contributed by atoms with Gasteiger partial charge in [0.25, 0.3) is 0 Å². The average molecular weight is 248 g/mol. The Morgan fingerprint density at radius 3 is 2.83 bits per heavy atom. The predicted octanol–water partition coefficient (Wildman–Crippen LogP) is 1.57. The summed E-state index contributed by atoms with van der Waals surface area (Å²) in [5.41, 5.74) is 1.86. The van der Waals surface area contributed by atoms with E-state index in [0.29, 0.717) is 22.7 Å². The first-order chi connectivity index (χ1) is 8.47. The number of oxazole rings is 1. The molecular weight excluding hydrogens is 236 g/mol. The van der Waals surface area contributed by atoms with Crippen LogP contribution < -0.4 is 4.90 Å². The van der Waals surface area contributed by atoms with E-state index >= 15 is 0 Å². The van der Waals surface area contributed by atoms with Crippen LogP contribution in [-0.4, -0.2) is 29.0 Å². The largest absolute Gasteiger partial charge is 0.481 e. The Balaban J connectivity index is 2.29. The van der Waals surface area contributed by atoms with Gasteiger partial charge in [-0.25, -0.2) is 4.98 Å². The van der Waals surface area contributed by atoms with E-state index in [2.05, 4.69) is 4.98 Å². The van der Waals surface area contributed by atoms with Gasteiger partial charge >= 0.3 is 5.97 Å². The number of carboxylic acid groups (broad SMARTS) is 1. The number of rotatable bonds is 3. The molecule has 0 saturated heterocycles. The summed E-state index contributed by atoms with van der Waals surface area (Å²) in [6.45, 7) is 1.74. The van der Waals surface area contributed by atoms with Gasteiger partial charge in [-0.2, -0.15) is 0 Å². The highest BCUT2D eigenvalue weighted by molar-refractivity contribution is 6.03. The lowest BCUT2D eigenvalue weighted by Crippen LogP contribution is -2.28. The monoisotopic (exact) mass is 248 g/mol. The molecule has 6 nitrogen and oxygen atoms in total. The van der Waals surface area contributed by atoms with E-state index in [4.69, 9.17) is 9.52 Å². The van der Waals surface area contributed by atoms with E-state index in [0.717, 1.165) is 0 Å². The topological polar surface area (TPSA) is 83.6 Å². The SMILES string of the molecule is Cc1nc2cc(N(C)C(=O)CC(=O)O)ccc2o1. The molecule has 0 fully saturated rings. The van der Waals surface area contributed by atoms with Crippen molar-refractivity contribution >= 4 is 28.7 Å². The van der Waals surface area contributed by atoms with Crippen molar-refractivity contribution in [1.29, 1.82) is 0 Å². The third-order valence-corrected chi connectivity index (χ3v) is 2.54. The van der Waals surface area contributed by atoms with Crippen molar-refractivity contribution < 1.29 is 19.1 Å². The van der Waals surface area contributed by atoms with Crippen LogP contribution in [0.5, 0.6) is 0 Å². The number of anilines is 1. The molecule has 0 bridgehead atoms. The second kappa shape index (κ2) is 4.48. The average Bonchev–Trinajstić information content (AvgIpc) is 2.65. The van der Waals surface area contributed by atoms with Crippen LogP contribution in [0, 0.1) is 6.92 Å². The van der Waals surface area contributed by atoms with Gasteiger partial charge in [-0.1, -0.05) is 0 Å². The van der Waals surface area contributed by atoms with Crippen molar-refractivity contribution in [3.63, 3.8) is 0 Å². The van der Waals surface area contributed by atoms with Crippen molar-refractivity contribution in [2.75, 3.05) is 11.9 Å². The molecule has 1 aromatic heterocycles. The quantitative estimate of drug-likeness (QED) is 0.833. The number of amides is 1. The highest BCUT2D eigenvalue weighted by Gasteiger charge is 2.15. The minimum atomic E-state index is -1.15. The number of aliphatic carboxylic acids is 1. The molecule has 1 aromatic carbocycles. The van der Waals surface area contributed by atoms with Crippen LogP contribution in [-0.2, 0) is 9.59 Å². The molecule has 0 aliphatic rings. The Labute approximate surface area is 103 Å². The van der Waals surface area contributed by atoms with Gasteiger partial charge in [0.1, 0.15) is 11.9 Å². The zero-order chi connectivity index (χ0) is 13.3. The molecule has 6 heteroatoms. The lowest BCUT2D eigenvalue weighted by molar-refractivity contribution is -0.140. The maximum atomic E-state index is 11.6. The van der Waals surface area contributed by atoms with Gasteiger partial charge in [-0.3, -0.25) is 9.59 Å². The lowest BCUT2D eigenvalue weighted by atomic mass is 10.2. The van der Waals surface area contributed by atoms with Gasteiger partial charge in [0, 0.05) is 19.7 Å². The van der Waals surface area contributed by atoms with Crippen LogP contribution in [0.1, 0.15) is 12.3 Å². The number of carbonyl (C=O) groups excluding carboxylic acids is 1. The fraction of sp³-hybridized carbons (Fsp3) is 0.250. The molecule has 0 aliphatic carbocycles. The Hall–Kier alpha value is -2.37. The molecule has 1 N–H and O–H groups in total. The zero-order valence-corrected chi connectivity index (χ0v) is 10.0. The van der Waals surface area contributed by atoms with Gasteiger partial charge < -0.3 is 14.4 Å². The van der Waals surface area contributed by atoms with Crippen LogP contribution in [0.4, 0.5) is 5.69 Å². The Kier molecular flexibility index (Phi) is 3.01. The van der Waals surface area contributed by atoms with Gasteiger partial charge in [-0.05, 0) is 18.2 Å². The molecule has 0 radical (unpaired) electrons. The van der Waals surface area contributed by atoms with Crippen LogP contribution in [0.25, 0.3) is 11.1 Å². The summed E-state index contributed by atoms with van der Waals surface area (Å²) in [5, 5.41) is 8.58. The van der Waals surface area contributed by atoms with Gasteiger partial charge in [0.2, 0.25) is 5.91 Å². The fourth-order valence-corrected chi connectivity index (χ4v) is 1.63. The van der Waals surface area contributed by atoms with E-state index < -0.39 is 18.3 Å². The third-order valence-electron chi connectivity index (χ3n) is 2.54. The molecule has 0 atom stereocenters. The van der Waals surface area contributed by atoms with Gasteiger partial charge in [0.15, 0.2) is 11.5 Å². The third kappa shape index (κ3) is 2.32. The number of nitrogens with zero attached hydrogens (tertiary/aromatic N) is 2. The molecule has 0 saturated carbocycles. The molecule has 94 valence electrons. The number of hydrogen-bond acceptors (Lipinski definition) is 4. The first kappa shape index (κ1) is 12.1. The molecule has 0 aliphatic heterocycles. The first-order valence-electron chi connectivity index (χ1n) is 5.33. The zero-order valence-electron chi connectivity index (χ0n) is 10.0. The highest BCUT2D eigenvalue weighted by atomic mass is 16.4. The maximum Gasteiger partial charge on any atom is 0.312 e. The minimum Gasteiger partial charge on any atom is -0.481 e. The summed E-state index contributed by atoms with van der Waals surface area (Å²) in [6.07, 6.45) is -0.535. The molecule has 1 amide bonds. The van der Waals surface area contributed by atoms with Crippen LogP contribution in [0.3, 0.4) is 0 Å². The summed E-state index contributed by atoms with van der Waals surface area (Å²) in [4.78, 5) is 27.5. The molecule has 2 rings (SSSR count). The Morgan fingerprint density at radius 1 is 1.44 bits per heavy atom. The standard InChI is InChI=1S/C12H12N2O4/c1-7-13-9-5-8(3-4-10(9)18-7)14(2)11(15)6-12(16)17/h3-5H,6H2,1-2H3,(H,16,17). The smallest absolute Gasteiger partial charge is 0.312 e. The predicted molar refractivity (Wildman–Crippen MR) is 64.4 cm³/mol. The molecule has 18 heavy (non-hydrogen) atoms. The van der Waals surface area contributed by atoms with E-state index in [9.17, 15) is 9.59 Å². The molecular formula is C12H12N2O4. The van der Waals surface area contributed by atoms with Crippen LogP contribution in [0.15, 0.2) is 22.6 Å². The molecule has 0 unspecified atom stereocenters. The number of hydrogen-bond donors (Lipinski definition) is 1. The second-order valence-corrected chi connectivity index (χ2v) is 3.91. The van der Waals surface area contributed by atoms with E-state index in [-0.39, 0.29) is 0 Å². The summed E-state index contributed by atoms with van der Waals surface area (Å²) < 4.78 is 5.32. The summed E-state index contributed by atoms with van der Waals surface area (Å²) in [6, 6.07) is 5.08. The maximum absolute atomic E-state index is 11.6. The number of benzene rings is 1. The fourth-order valence-electron chi connectivity index (χ4n) is 1.63. The van der Waals surface area contributed by atoms with Gasteiger partial charge in [-0.15, -0.1) is 0 Å². The van der Waals surface area contributed by atoms with E-state index in [1.54, 1.807) is 25.1 Å². The van der Waals surface area contributed by atoms with Crippen molar-refractivity contribution in [2.24, 2.45) is 0 Å². The first-order valence-corrected chi connectivity index (χ1v) is 5.33. The number of aromatic nitrogens is 1. The summed E-state index contributed by atoms with van der Waals surface area (Å²) >= 11 is 0. The normalized spacial score (nSPS) is 10.6. The van der Waals surface area contributed by atoms with Gasteiger partial charge in [0.05, 0.1) is 0 Å². The number of fused-ring (bicyclic) bond motifs is 1. The van der Waals surface area contributed by atoms with Crippen molar-refractivity contribution in [1.82, 2.24) is 4.98 Å².